The maximum Gasteiger partial charge on any atom is 0.420 e. The van der Waals surface area contributed by atoms with Gasteiger partial charge in [-0.2, -0.15) is 18.4 Å². The number of halogens is 4. The Morgan fingerprint density at radius 1 is 0.986 bits per heavy atom. The van der Waals surface area contributed by atoms with Crippen LogP contribution in [0.25, 0.3) is 21.7 Å². The number of aryl methyl sites for hydroxylation is 1. The molecule has 4 amide bonds. The number of amides is 4. The summed E-state index contributed by atoms with van der Waals surface area (Å²) in [5.74, 6) is -3.15. The Labute approximate surface area is 411 Å². The van der Waals surface area contributed by atoms with Gasteiger partial charge in [-0.05, 0) is 111 Å². The molecule has 70 heavy (non-hydrogen) atoms. The second-order valence-electron chi connectivity index (χ2n) is 18.3. The summed E-state index contributed by atoms with van der Waals surface area (Å²) in [5, 5.41) is 14.7. The second kappa shape index (κ2) is 20.6. The number of likely N-dealkylation sites (tertiary alicyclic amines) is 1. The molecule has 0 spiro atoms. The number of aromatic nitrogens is 2. The number of thiazole rings is 1. The van der Waals surface area contributed by atoms with Crippen LogP contribution < -0.4 is 25.2 Å². The maximum absolute atomic E-state index is 15.4. The van der Waals surface area contributed by atoms with Crippen molar-refractivity contribution in [3.05, 3.63) is 113 Å². The highest BCUT2D eigenvalue weighted by atomic mass is 32.1. The number of benzene rings is 3. The Bertz CT molecular complexity index is 2830. The van der Waals surface area contributed by atoms with E-state index in [1.165, 1.54) is 31.0 Å². The number of nitrogens with one attached hydrogen (secondary N) is 2. The molecule has 4 heterocycles. The smallest absolute Gasteiger partial charge is 0.420 e. The van der Waals surface area contributed by atoms with Crippen molar-refractivity contribution in [3.8, 4) is 33.5 Å². The lowest BCUT2D eigenvalue weighted by Gasteiger charge is -2.35. The summed E-state index contributed by atoms with van der Waals surface area (Å²) < 4.78 is 68.2. The minimum Gasteiger partial charge on any atom is -0.491 e. The normalized spacial score (nSPS) is 16.3. The number of nitrogens with zero attached hydrogens (tertiary/aromatic N) is 6. The van der Waals surface area contributed by atoms with Gasteiger partial charge in [0.2, 0.25) is 17.7 Å². The van der Waals surface area contributed by atoms with E-state index in [4.69, 9.17) is 21.7 Å². The fraction of sp³-hybridized carbons (Fsp3) is 0.360. The maximum atomic E-state index is 15.4. The van der Waals surface area contributed by atoms with Crippen molar-refractivity contribution in [3.63, 3.8) is 0 Å². The number of carbonyl (C=O) groups excluding carboxylic acids is 4. The van der Waals surface area contributed by atoms with Crippen LogP contribution in [-0.4, -0.2) is 87.6 Å². The van der Waals surface area contributed by atoms with E-state index in [1.807, 2.05) is 57.5 Å². The standard InChI is InChI=1S/C50H50F4N8O6S2/c1-29-42(70-28-58-29)32-11-9-30(10-12-32)25-57-44(64)38-8-7-21-60(38)45(65)43(48(2,3)4)59-39(63)27-67-22-23-68-35-17-13-31(14-18-35)36-19-16-34(26-56-36)62-47(69)61(46(66)49(62,5)6)37-20-15-33(24-55)40(41(37)51)50(52,53)54/h9-20,26,28,38,43H,7-8,21-23,25,27H2,1-6H3,(H,57,64)(H,59,63)/t38-,43?/m0/s1. The van der Waals surface area contributed by atoms with Crippen molar-refractivity contribution < 1.29 is 46.2 Å². The number of carbonyl (C=O) groups is 4. The molecule has 2 aromatic heterocycles. The minimum absolute atomic E-state index is 0.0598. The van der Waals surface area contributed by atoms with Gasteiger partial charge in [0.15, 0.2) is 10.9 Å². The summed E-state index contributed by atoms with van der Waals surface area (Å²) >= 11 is 7.11. The third kappa shape index (κ3) is 10.8. The van der Waals surface area contributed by atoms with Crippen molar-refractivity contribution in [1.82, 2.24) is 25.5 Å². The molecule has 2 aliphatic rings. The largest absolute Gasteiger partial charge is 0.491 e. The second-order valence-corrected chi connectivity index (χ2v) is 19.5. The number of thiocarbonyl (C=S) groups is 1. The third-order valence-corrected chi connectivity index (χ3v) is 13.3. The summed E-state index contributed by atoms with van der Waals surface area (Å²) in [6.07, 6.45) is -2.60. The van der Waals surface area contributed by atoms with Gasteiger partial charge in [0.25, 0.3) is 5.91 Å². The molecule has 2 saturated heterocycles. The van der Waals surface area contributed by atoms with E-state index in [2.05, 4.69) is 20.6 Å². The summed E-state index contributed by atoms with van der Waals surface area (Å²) in [6, 6.07) is 19.6. The molecular weight excluding hydrogens is 949 g/mol. The van der Waals surface area contributed by atoms with Crippen LogP contribution in [0, 0.1) is 29.5 Å². The average molecular weight is 999 g/mol. The highest BCUT2D eigenvalue weighted by Gasteiger charge is 2.52. The zero-order chi connectivity index (χ0) is 50.7. The predicted molar refractivity (Wildman–Crippen MR) is 259 cm³/mol. The number of ether oxygens (including phenoxy) is 2. The third-order valence-electron chi connectivity index (χ3n) is 12.0. The van der Waals surface area contributed by atoms with Crippen molar-refractivity contribution >= 4 is 63.7 Å². The zero-order valence-electron chi connectivity index (χ0n) is 39.1. The Morgan fingerprint density at radius 2 is 1.69 bits per heavy atom. The highest BCUT2D eigenvalue weighted by Crippen LogP contribution is 2.42. The van der Waals surface area contributed by atoms with E-state index in [0.717, 1.165) is 33.8 Å². The van der Waals surface area contributed by atoms with E-state index in [0.29, 0.717) is 53.5 Å². The quantitative estimate of drug-likeness (QED) is 0.0587. The number of alkyl halides is 3. The molecule has 0 radical (unpaired) electrons. The van der Waals surface area contributed by atoms with Crippen LogP contribution in [0.4, 0.5) is 28.9 Å². The Morgan fingerprint density at radius 3 is 2.30 bits per heavy atom. The van der Waals surface area contributed by atoms with Gasteiger partial charge in [-0.3, -0.25) is 29.1 Å². The van der Waals surface area contributed by atoms with Crippen molar-refractivity contribution in [2.24, 2.45) is 5.41 Å². The molecular formula is C50H50F4N8O6S2. The number of hydrogen-bond acceptors (Lipinski definition) is 11. The summed E-state index contributed by atoms with van der Waals surface area (Å²) in [6.45, 7) is 11.0. The van der Waals surface area contributed by atoms with Gasteiger partial charge >= 0.3 is 6.18 Å². The van der Waals surface area contributed by atoms with Crippen molar-refractivity contribution in [2.45, 2.75) is 84.7 Å². The monoisotopic (exact) mass is 998 g/mol. The predicted octanol–water partition coefficient (Wildman–Crippen LogP) is 8.36. The lowest BCUT2D eigenvalue weighted by atomic mass is 9.85. The minimum atomic E-state index is -5.20. The zero-order valence-corrected chi connectivity index (χ0v) is 40.8. The lowest BCUT2D eigenvalue weighted by molar-refractivity contribution is -0.144. The fourth-order valence-corrected chi connectivity index (χ4v) is 9.65. The molecule has 14 nitrogen and oxygen atoms in total. The Hall–Kier alpha value is -6.82. The van der Waals surface area contributed by atoms with Crippen LogP contribution in [0.3, 0.4) is 0 Å². The number of hydrogen-bond donors (Lipinski definition) is 2. The average Bonchev–Trinajstić information content (AvgIpc) is 4.03. The fourth-order valence-electron chi connectivity index (χ4n) is 8.32. The summed E-state index contributed by atoms with van der Waals surface area (Å²) in [4.78, 5) is 67.6. The molecule has 3 aromatic carbocycles. The van der Waals surface area contributed by atoms with E-state index in [9.17, 15) is 37.6 Å². The van der Waals surface area contributed by atoms with E-state index >= 15 is 4.39 Å². The van der Waals surface area contributed by atoms with Crippen LogP contribution in [0.1, 0.15) is 69.8 Å². The van der Waals surface area contributed by atoms with E-state index in [1.54, 1.807) is 52.6 Å². The van der Waals surface area contributed by atoms with Crippen LogP contribution in [-0.2, 0) is 36.6 Å². The van der Waals surface area contributed by atoms with Gasteiger partial charge in [-0.1, -0.05) is 45.0 Å². The topological polar surface area (TPSA) is 170 Å². The molecule has 20 heteroatoms. The van der Waals surface area contributed by atoms with Gasteiger partial charge in [0, 0.05) is 18.7 Å². The Kier molecular flexibility index (Phi) is 15.1. The molecule has 7 rings (SSSR count). The molecule has 2 N–H and O–H groups in total. The molecule has 366 valence electrons. The lowest BCUT2D eigenvalue weighted by Crippen LogP contribution is -2.58. The van der Waals surface area contributed by atoms with Crippen molar-refractivity contribution in [2.75, 3.05) is 36.2 Å². The Balaban J connectivity index is 0.879. The summed E-state index contributed by atoms with van der Waals surface area (Å²) in [5.41, 5.74) is 0.734. The first kappa shape index (κ1) is 51.0. The molecule has 0 aliphatic carbocycles. The first-order valence-corrected chi connectivity index (χ1v) is 23.5. The van der Waals surface area contributed by atoms with Crippen molar-refractivity contribution in [1.29, 1.82) is 5.26 Å². The van der Waals surface area contributed by atoms with Crippen LogP contribution in [0.2, 0.25) is 0 Å². The number of rotatable bonds is 15. The van der Waals surface area contributed by atoms with Gasteiger partial charge in [0.1, 0.15) is 42.1 Å². The summed E-state index contributed by atoms with van der Waals surface area (Å²) in [7, 11) is 0. The van der Waals surface area contributed by atoms with Gasteiger partial charge < -0.3 is 29.9 Å². The van der Waals surface area contributed by atoms with Gasteiger partial charge in [0.05, 0.1) is 57.6 Å². The number of pyridine rings is 1. The van der Waals surface area contributed by atoms with Crippen LogP contribution >= 0.6 is 23.6 Å². The molecule has 0 bridgehead atoms. The molecule has 2 atom stereocenters. The van der Waals surface area contributed by atoms with Crippen LogP contribution in [0.5, 0.6) is 5.75 Å². The SMILES string of the molecule is Cc1ncsc1-c1ccc(CNC(=O)[C@@H]2CCCN2C(=O)C(NC(=O)COCCOc2ccc(-c3ccc(N4C(=S)N(c5ccc(C#N)c(C(F)(F)F)c5F)C(=O)C4(C)C)cn3)cc2)C(C)(C)C)cc1. The van der Waals surface area contributed by atoms with Crippen LogP contribution in [0.15, 0.2) is 84.5 Å². The molecule has 2 fully saturated rings. The molecule has 1 unspecified atom stereocenters. The number of anilines is 2. The number of nitriles is 1. The first-order valence-electron chi connectivity index (χ1n) is 22.2. The molecule has 0 saturated carbocycles. The van der Waals surface area contributed by atoms with E-state index < -0.39 is 63.7 Å². The highest BCUT2D eigenvalue weighted by molar-refractivity contribution is 7.81. The van der Waals surface area contributed by atoms with E-state index in [-0.39, 0.29) is 36.7 Å². The van der Waals surface area contributed by atoms with Gasteiger partial charge in [-0.25, -0.2) is 9.37 Å². The first-order chi connectivity index (χ1) is 33.1. The molecule has 2 aliphatic heterocycles. The molecule has 5 aromatic rings. The van der Waals surface area contributed by atoms with Gasteiger partial charge in [-0.15, -0.1) is 11.3 Å².